The third kappa shape index (κ3) is 4.27. The van der Waals surface area contributed by atoms with Gasteiger partial charge in [0.05, 0.1) is 0 Å². The van der Waals surface area contributed by atoms with Gasteiger partial charge in [-0.05, 0) is 6.42 Å². The number of hydrogen-bond donors (Lipinski definition) is 1. The average molecular weight is 448 g/mol. The summed E-state index contributed by atoms with van der Waals surface area (Å²) in [5, 5.41) is -7.27. The van der Waals surface area contributed by atoms with Crippen LogP contribution in [0.3, 0.4) is 0 Å². The zero-order valence-electron chi connectivity index (χ0n) is 13.4. The molecule has 0 rings (SSSR count). The van der Waals surface area contributed by atoms with Crippen molar-refractivity contribution in [3.05, 3.63) is 0 Å². The molecule has 0 saturated carbocycles. The lowest BCUT2D eigenvalue weighted by atomic mass is 9.93. The predicted molar refractivity (Wildman–Crippen MR) is 69.9 cm³/mol. The van der Waals surface area contributed by atoms with Crippen LogP contribution >= 0.6 is 0 Å². The van der Waals surface area contributed by atoms with Gasteiger partial charge in [0.1, 0.15) is 0 Å². The van der Waals surface area contributed by atoms with Gasteiger partial charge in [0.25, 0.3) is 0 Å². The first-order valence-electron chi connectivity index (χ1n) is 7.23. The fraction of sp³-hybridized carbons (Fsp3) is 1.00. The Morgan fingerprint density at radius 2 is 1.22 bits per heavy atom. The van der Waals surface area contributed by atoms with E-state index in [2.05, 4.69) is 0 Å². The summed E-state index contributed by atoms with van der Waals surface area (Å²) in [5.74, 6) is -29.4. The first-order chi connectivity index (χ1) is 11.7. The van der Waals surface area contributed by atoms with E-state index in [9.17, 15) is 56.7 Å². The number of rotatable bonds is 11. The molecule has 0 radical (unpaired) electrons. The standard InChI is InChI=1S/C12H15F11O3S/c1-2-3-4-5-6-7(13)8(14,15)9(16,17)10(18,19)11(20,21)12(22,23)27(24,25)26/h7H,2-6H2,1H3,(H,24,25,26). The van der Waals surface area contributed by atoms with Crippen molar-refractivity contribution in [2.75, 3.05) is 0 Å². The van der Waals surface area contributed by atoms with Gasteiger partial charge in [-0.3, -0.25) is 4.55 Å². The lowest BCUT2D eigenvalue weighted by molar-refractivity contribution is -0.397. The van der Waals surface area contributed by atoms with E-state index in [0.717, 1.165) is 0 Å². The molecule has 1 atom stereocenters. The molecule has 1 N–H and O–H groups in total. The molecule has 0 aromatic carbocycles. The molecule has 0 aliphatic rings. The van der Waals surface area contributed by atoms with Crippen LogP contribution in [-0.4, -0.2) is 48.1 Å². The van der Waals surface area contributed by atoms with Crippen LogP contribution in [0, 0.1) is 0 Å². The van der Waals surface area contributed by atoms with Crippen LogP contribution in [0.5, 0.6) is 0 Å². The fourth-order valence-corrected chi connectivity index (χ4v) is 2.33. The predicted octanol–water partition coefficient (Wildman–Crippen LogP) is 5.32. The minimum Gasteiger partial charge on any atom is -0.281 e. The molecule has 0 amide bonds. The van der Waals surface area contributed by atoms with Crippen molar-refractivity contribution in [2.24, 2.45) is 0 Å². The number of halogens is 11. The summed E-state index contributed by atoms with van der Waals surface area (Å²) in [7, 11) is -7.43. The summed E-state index contributed by atoms with van der Waals surface area (Å²) in [6.45, 7) is 1.62. The molecule has 0 saturated heterocycles. The number of alkyl halides is 11. The zero-order chi connectivity index (χ0) is 22.1. The van der Waals surface area contributed by atoms with Crippen LogP contribution < -0.4 is 0 Å². The van der Waals surface area contributed by atoms with E-state index in [0.29, 0.717) is 12.8 Å². The summed E-state index contributed by atoms with van der Waals surface area (Å²) >= 11 is 0. The van der Waals surface area contributed by atoms with Crippen molar-refractivity contribution in [3.8, 4) is 0 Å². The van der Waals surface area contributed by atoms with Crippen molar-refractivity contribution in [1.29, 1.82) is 0 Å². The van der Waals surface area contributed by atoms with E-state index < -0.39 is 58.1 Å². The summed E-state index contributed by atoms with van der Waals surface area (Å²) < 4.78 is 174. The van der Waals surface area contributed by atoms with Crippen LogP contribution in [0.2, 0.25) is 0 Å². The maximum Gasteiger partial charge on any atom is 0.438 e. The molecule has 1 unspecified atom stereocenters. The van der Waals surface area contributed by atoms with E-state index >= 15 is 0 Å². The van der Waals surface area contributed by atoms with Crippen LogP contribution in [0.4, 0.5) is 48.3 Å². The fourth-order valence-electron chi connectivity index (χ4n) is 1.88. The number of hydrogen-bond acceptors (Lipinski definition) is 2. The van der Waals surface area contributed by atoms with Gasteiger partial charge in [-0.25, -0.2) is 4.39 Å². The van der Waals surface area contributed by atoms with Gasteiger partial charge in [-0.2, -0.15) is 52.3 Å². The lowest BCUT2D eigenvalue weighted by Gasteiger charge is -2.39. The molecule has 0 aromatic heterocycles. The molecule has 0 heterocycles. The average Bonchev–Trinajstić information content (AvgIpc) is 2.49. The van der Waals surface area contributed by atoms with Crippen LogP contribution in [0.15, 0.2) is 0 Å². The van der Waals surface area contributed by atoms with E-state index in [4.69, 9.17) is 4.55 Å². The SMILES string of the molecule is CCCCCCC(F)C(F)(F)C(F)(F)C(F)(F)C(F)(F)C(F)(F)S(=O)(=O)O. The molecule has 0 spiro atoms. The second-order valence-corrected chi connectivity index (χ2v) is 7.12. The largest absolute Gasteiger partial charge is 0.438 e. The molecule has 3 nitrogen and oxygen atoms in total. The van der Waals surface area contributed by atoms with Gasteiger partial charge >= 0.3 is 39.1 Å². The van der Waals surface area contributed by atoms with Crippen molar-refractivity contribution in [1.82, 2.24) is 0 Å². The lowest BCUT2D eigenvalue weighted by Crippen LogP contribution is -2.70. The molecular formula is C12H15F11O3S. The van der Waals surface area contributed by atoms with Crippen LogP contribution in [0.1, 0.15) is 39.0 Å². The summed E-state index contributed by atoms with van der Waals surface area (Å²) in [6.07, 6.45) is -5.30. The van der Waals surface area contributed by atoms with E-state index in [1.165, 1.54) is 0 Å². The Labute approximate surface area is 146 Å². The molecule has 0 bridgehead atoms. The normalized spacial score (nSPS) is 16.5. The van der Waals surface area contributed by atoms with Gasteiger partial charge in [0.15, 0.2) is 6.17 Å². The summed E-state index contributed by atoms with van der Waals surface area (Å²) in [6, 6.07) is 0. The third-order valence-electron chi connectivity index (χ3n) is 3.60. The second kappa shape index (κ2) is 7.87. The van der Waals surface area contributed by atoms with Gasteiger partial charge in [-0.15, -0.1) is 0 Å². The smallest absolute Gasteiger partial charge is 0.281 e. The molecule has 27 heavy (non-hydrogen) atoms. The summed E-state index contributed by atoms with van der Waals surface area (Å²) in [5.41, 5.74) is 0. The zero-order valence-corrected chi connectivity index (χ0v) is 14.3. The van der Waals surface area contributed by atoms with Crippen LogP contribution in [0.25, 0.3) is 0 Å². The number of unbranched alkanes of at least 4 members (excludes halogenated alkanes) is 3. The van der Waals surface area contributed by atoms with E-state index in [1.807, 2.05) is 0 Å². The maximum atomic E-state index is 13.4. The van der Waals surface area contributed by atoms with Crippen molar-refractivity contribution >= 4 is 10.1 Å². The van der Waals surface area contributed by atoms with Crippen molar-refractivity contribution < 1.29 is 61.3 Å². The first-order valence-corrected chi connectivity index (χ1v) is 8.67. The Balaban J connectivity index is 5.94. The van der Waals surface area contributed by atoms with Gasteiger partial charge < -0.3 is 0 Å². The Bertz CT molecular complexity index is 604. The Kier molecular flexibility index (Phi) is 7.62. The maximum absolute atomic E-state index is 13.4. The second-order valence-electron chi connectivity index (χ2n) is 5.65. The molecule has 15 heteroatoms. The quantitative estimate of drug-likeness (QED) is 0.265. The minimum atomic E-state index is -7.75. The molecule has 0 aliphatic heterocycles. The van der Waals surface area contributed by atoms with Crippen molar-refractivity contribution in [2.45, 2.75) is 74.1 Å². The topological polar surface area (TPSA) is 54.4 Å². The van der Waals surface area contributed by atoms with Crippen molar-refractivity contribution in [3.63, 3.8) is 0 Å². The highest BCUT2D eigenvalue weighted by molar-refractivity contribution is 7.87. The minimum absolute atomic E-state index is 0.00590. The molecular weight excluding hydrogens is 433 g/mol. The van der Waals surface area contributed by atoms with Gasteiger partial charge in [-0.1, -0.05) is 32.6 Å². The first kappa shape index (κ1) is 26.1. The van der Waals surface area contributed by atoms with E-state index in [1.54, 1.807) is 6.92 Å². The highest BCUT2D eigenvalue weighted by Crippen LogP contribution is 2.59. The molecule has 164 valence electrons. The molecule has 0 aromatic rings. The summed E-state index contributed by atoms with van der Waals surface area (Å²) in [4.78, 5) is 0. The molecule has 0 aliphatic carbocycles. The Morgan fingerprint density at radius 3 is 1.59 bits per heavy atom. The third-order valence-corrected chi connectivity index (χ3v) is 4.51. The van der Waals surface area contributed by atoms with E-state index in [-0.39, 0.29) is 6.42 Å². The molecule has 0 fully saturated rings. The van der Waals surface area contributed by atoms with Crippen LogP contribution in [-0.2, 0) is 10.1 Å². The Hall–Kier alpha value is -0.860. The van der Waals surface area contributed by atoms with Gasteiger partial charge in [0.2, 0.25) is 0 Å². The monoisotopic (exact) mass is 448 g/mol. The van der Waals surface area contributed by atoms with Gasteiger partial charge in [0, 0.05) is 0 Å². The highest BCUT2D eigenvalue weighted by Gasteiger charge is 2.89. The Morgan fingerprint density at radius 1 is 0.778 bits per heavy atom. The highest BCUT2D eigenvalue weighted by atomic mass is 32.2.